The van der Waals surface area contributed by atoms with E-state index in [1.807, 2.05) is 0 Å². The van der Waals surface area contributed by atoms with Crippen LogP contribution < -0.4 is 6.62 Å². The predicted octanol–water partition coefficient (Wildman–Crippen LogP) is 5.17. The van der Waals surface area contributed by atoms with E-state index in [2.05, 4.69) is 72.7 Å². The Bertz CT molecular complexity index is 776. The van der Waals surface area contributed by atoms with E-state index < -0.39 is 21.6 Å². The maximum absolute atomic E-state index is 7.49. The van der Waals surface area contributed by atoms with Crippen molar-refractivity contribution in [3.63, 3.8) is 0 Å². The van der Waals surface area contributed by atoms with Gasteiger partial charge in [-0.05, 0) is 0 Å². The van der Waals surface area contributed by atoms with Crippen molar-refractivity contribution in [2.75, 3.05) is 0 Å². The number of fused-ring (bicyclic) bond motifs is 3. The number of rotatable bonds is 5. The Morgan fingerprint density at radius 1 is 1.08 bits per heavy atom. The standard InChI is InChI=1S/C13H9.C4H10N.C2H7Si.2ClH.Hf/c1-3-7-12-10(5-1)9-11-6-2-4-8-13(11)12;1-3-4(2)5;1-3-2;;;/h1-5,7-8H,9H2;4-5H,3H2,1-2H3;3H,1-2H3;2*1H;/q;-1;;;;+3/p-2. The molecule has 5 heteroatoms. The molecule has 2 aromatic carbocycles. The molecule has 0 saturated heterocycles. The van der Waals surface area contributed by atoms with E-state index in [0.717, 1.165) is 12.8 Å². The fourth-order valence-electron chi connectivity index (χ4n) is 3.70. The first-order valence-electron chi connectivity index (χ1n) is 8.83. The number of hydrogen-bond donors (Lipinski definition) is 1. The molecule has 2 aromatic rings. The van der Waals surface area contributed by atoms with Crippen molar-refractivity contribution < 1.29 is 15.6 Å². The molecule has 0 saturated carbocycles. The Labute approximate surface area is 155 Å². The molecule has 24 heavy (non-hydrogen) atoms. The van der Waals surface area contributed by atoms with Crippen LogP contribution in [0.2, 0.25) is 13.1 Å². The van der Waals surface area contributed by atoms with E-state index in [-0.39, 0.29) is 0 Å². The molecular weight excluding hydrogens is 520 g/mol. The average molecular weight is 546 g/mol. The second-order valence-electron chi connectivity index (χ2n) is 7.36. The summed E-state index contributed by atoms with van der Waals surface area (Å²) in [5.74, 6) is -1.31. The van der Waals surface area contributed by atoms with Crippen LogP contribution in [0.5, 0.6) is 0 Å². The monoisotopic (exact) mass is 546 g/mol. The average Bonchev–Trinajstić information content (AvgIpc) is 2.92. The van der Waals surface area contributed by atoms with Crippen molar-refractivity contribution in [1.82, 2.24) is 3.30 Å². The molecule has 0 radical (unpaired) electrons. The van der Waals surface area contributed by atoms with Gasteiger partial charge >= 0.3 is 156 Å². The van der Waals surface area contributed by atoms with Gasteiger partial charge in [-0.25, -0.2) is 0 Å². The van der Waals surface area contributed by atoms with Crippen LogP contribution in [0.3, 0.4) is 0 Å². The first-order valence-corrected chi connectivity index (χ1v) is 30.4. The van der Waals surface area contributed by atoms with Crippen LogP contribution in [0.1, 0.15) is 31.4 Å². The van der Waals surface area contributed by atoms with Gasteiger partial charge in [0, 0.05) is 0 Å². The molecule has 1 N–H and O–H groups in total. The van der Waals surface area contributed by atoms with Crippen molar-refractivity contribution >= 4 is 26.5 Å². The topological polar surface area (TPSA) is 12.0 Å². The van der Waals surface area contributed by atoms with Crippen molar-refractivity contribution in [3.8, 4) is 11.1 Å². The van der Waals surface area contributed by atoms with E-state index in [1.54, 1.807) is 0 Å². The molecular formula is C19H26Cl2HfNSi. The van der Waals surface area contributed by atoms with Gasteiger partial charge in [0.1, 0.15) is 0 Å². The summed E-state index contributed by atoms with van der Waals surface area (Å²) in [5.41, 5.74) is 5.43. The molecule has 3 rings (SSSR count). The summed E-state index contributed by atoms with van der Waals surface area (Å²) in [4.78, 5) is 0. The van der Waals surface area contributed by atoms with Gasteiger partial charge in [-0.15, -0.1) is 0 Å². The zero-order chi connectivity index (χ0) is 17.6. The Morgan fingerprint density at radius 3 is 2.42 bits per heavy atom. The molecule has 0 amide bonds. The van der Waals surface area contributed by atoms with E-state index in [1.165, 1.54) is 25.6 Å². The third-order valence-electron chi connectivity index (χ3n) is 5.48. The third kappa shape index (κ3) is 3.01. The van der Waals surface area contributed by atoms with Crippen molar-refractivity contribution in [3.05, 3.63) is 53.6 Å². The summed E-state index contributed by atoms with van der Waals surface area (Å²) < 4.78 is 5.07. The van der Waals surface area contributed by atoms with E-state index in [0.29, 0.717) is 6.04 Å². The van der Waals surface area contributed by atoms with E-state index in [9.17, 15) is 0 Å². The number of nitrogens with one attached hydrogen (secondary N) is 1. The van der Waals surface area contributed by atoms with Gasteiger partial charge in [0.25, 0.3) is 0 Å². The van der Waals surface area contributed by atoms with E-state index in [4.69, 9.17) is 17.2 Å². The van der Waals surface area contributed by atoms with Crippen LogP contribution in [0.25, 0.3) is 11.1 Å². The minimum atomic E-state index is -4.34. The maximum atomic E-state index is 7.49. The van der Waals surface area contributed by atoms with Gasteiger partial charge in [0.2, 0.25) is 0 Å². The summed E-state index contributed by atoms with van der Waals surface area (Å²) in [6, 6.07) is 15.6. The Hall–Kier alpha value is 0.0670. The Kier molecular flexibility index (Phi) is 5.23. The zero-order valence-corrected chi connectivity index (χ0v) is 21.1. The van der Waals surface area contributed by atoms with Gasteiger partial charge in [0.05, 0.1) is 0 Å². The molecule has 0 heterocycles. The van der Waals surface area contributed by atoms with Crippen LogP contribution in [-0.4, -0.2) is 12.0 Å². The number of hydrogen-bond acceptors (Lipinski definition) is 1. The molecule has 1 nitrogen and oxygen atoms in total. The molecule has 0 spiro atoms. The van der Waals surface area contributed by atoms with Crippen LogP contribution in [-0.2, 0) is 22.0 Å². The van der Waals surface area contributed by atoms with Crippen molar-refractivity contribution in [2.24, 2.45) is 0 Å². The number of benzene rings is 2. The van der Waals surface area contributed by atoms with Crippen molar-refractivity contribution in [2.45, 2.75) is 45.8 Å². The molecule has 0 aromatic heterocycles. The fourth-order valence-corrected chi connectivity index (χ4v) is 34.2. The predicted molar refractivity (Wildman–Crippen MR) is 108 cm³/mol. The third-order valence-corrected chi connectivity index (χ3v) is 68.7. The molecule has 0 fully saturated rings. The van der Waals surface area contributed by atoms with Gasteiger partial charge in [0.15, 0.2) is 0 Å². The Morgan fingerprint density at radius 2 is 1.75 bits per heavy atom. The molecule has 129 valence electrons. The summed E-state index contributed by atoms with van der Waals surface area (Å²) in [6.45, 7) is 9.02. The molecule has 1 unspecified atom stereocenters. The second-order valence-corrected chi connectivity index (χ2v) is 62.7. The van der Waals surface area contributed by atoms with Crippen LogP contribution in [0.4, 0.5) is 0 Å². The molecule has 1 aliphatic rings. The van der Waals surface area contributed by atoms with Crippen LogP contribution in [0, 0.1) is 0 Å². The van der Waals surface area contributed by atoms with Crippen LogP contribution >= 0.6 is 17.2 Å². The first kappa shape index (κ1) is 18.8. The molecule has 1 aliphatic carbocycles. The summed E-state index contributed by atoms with van der Waals surface area (Å²) in [6.07, 6.45) is 2.00. The molecule has 0 bridgehead atoms. The van der Waals surface area contributed by atoms with Gasteiger partial charge < -0.3 is 0 Å². The first-order chi connectivity index (χ1) is 11.3. The summed E-state index contributed by atoms with van der Waals surface area (Å²) in [7, 11) is 15.0. The second kappa shape index (κ2) is 6.66. The molecule has 1 atom stereocenters. The number of halogens is 2. The van der Waals surface area contributed by atoms with Crippen LogP contribution in [0.15, 0.2) is 42.5 Å². The van der Waals surface area contributed by atoms with Gasteiger partial charge in [-0.2, -0.15) is 0 Å². The molecule has 0 aliphatic heterocycles. The van der Waals surface area contributed by atoms with Crippen molar-refractivity contribution in [1.29, 1.82) is 0 Å². The van der Waals surface area contributed by atoms with Gasteiger partial charge in [-0.1, -0.05) is 0 Å². The normalized spacial score (nSPS) is 16.4. The Balaban J connectivity index is 2.19. The zero-order valence-electron chi connectivity index (χ0n) is 14.9. The minimum absolute atomic E-state index is 0.352. The quantitative estimate of drug-likeness (QED) is 0.437. The summed E-state index contributed by atoms with van der Waals surface area (Å²) >= 11 is -4.34. The van der Waals surface area contributed by atoms with E-state index >= 15 is 0 Å². The fraction of sp³-hybridized carbons (Fsp3) is 0.368. The van der Waals surface area contributed by atoms with Gasteiger partial charge in [-0.3, -0.25) is 0 Å². The summed E-state index contributed by atoms with van der Waals surface area (Å²) in [5, 5.41) is 0. The SMILES string of the molecule is CCC(C)[NH][Hf]([Cl])([Cl])([c]1cccc2c1Cc1ccccc1-2)[SiH](C)C.